The maximum atomic E-state index is 14.0. The lowest BCUT2D eigenvalue weighted by atomic mass is 10.1. The first kappa shape index (κ1) is 18.5. The standard InChI is InChI=1S/C21H19ClFN3O2/c1-12-5-6-13(22)10-16(12)24-21(28)20-19(26-9-3-4-18(26)27)15-11-14(23)7-8-17(15)25(20)2/h5-8,10-11H,3-4,9H2,1-2H3,(H,24,28). The fourth-order valence-corrected chi connectivity index (χ4v) is 3.90. The molecule has 2 aromatic carbocycles. The van der Waals surface area contributed by atoms with Crippen molar-refractivity contribution < 1.29 is 14.0 Å². The molecule has 0 radical (unpaired) electrons. The third-order valence-corrected chi connectivity index (χ3v) is 5.38. The maximum absolute atomic E-state index is 14.0. The number of nitrogens with zero attached hydrogens (tertiary/aromatic N) is 2. The molecule has 0 spiro atoms. The molecule has 2 heterocycles. The Balaban J connectivity index is 1.88. The van der Waals surface area contributed by atoms with Crippen LogP contribution >= 0.6 is 11.6 Å². The summed E-state index contributed by atoms with van der Waals surface area (Å²) in [6.07, 6.45) is 1.12. The lowest BCUT2D eigenvalue weighted by Gasteiger charge is -2.18. The first-order valence-electron chi connectivity index (χ1n) is 9.02. The highest BCUT2D eigenvalue weighted by molar-refractivity contribution is 6.31. The normalized spacial score (nSPS) is 14.1. The molecule has 0 saturated carbocycles. The number of amides is 2. The number of hydrogen-bond donors (Lipinski definition) is 1. The Morgan fingerprint density at radius 2 is 2.00 bits per heavy atom. The Hall–Kier alpha value is -2.86. The van der Waals surface area contributed by atoms with Gasteiger partial charge in [-0.1, -0.05) is 17.7 Å². The van der Waals surface area contributed by atoms with E-state index in [9.17, 15) is 14.0 Å². The predicted molar refractivity (Wildman–Crippen MR) is 109 cm³/mol. The summed E-state index contributed by atoms with van der Waals surface area (Å²) in [5.41, 5.74) is 2.91. The van der Waals surface area contributed by atoms with Gasteiger partial charge in [-0.2, -0.15) is 0 Å². The van der Waals surface area contributed by atoms with Crippen LogP contribution in [0.5, 0.6) is 0 Å². The lowest BCUT2D eigenvalue weighted by Crippen LogP contribution is -2.27. The molecule has 7 heteroatoms. The van der Waals surface area contributed by atoms with Gasteiger partial charge in [0.1, 0.15) is 11.5 Å². The van der Waals surface area contributed by atoms with Crippen LogP contribution < -0.4 is 10.2 Å². The van der Waals surface area contributed by atoms with Gasteiger partial charge in [-0.05, 0) is 49.2 Å². The largest absolute Gasteiger partial charge is 0.338 e. The van der Waals surface area contributed by atoms with Gasteiger partial charge < -0.3 is 14.8 Å². The van der Waals surface area contributed by atoms with Crippen molar-refractivity contribution in [2.45, 2.75) is 19.8 Å². The number of nitrogens with one attached hydrogen (secondary N) is 1. The van der Waals surface area contributed by atoms with Crippen LogP contribution in [-0.4, -0.2) is 22.9 Å². The highest BCUT2D eigenvalue weighted by Crippen LogP contribution is 2.37. The second kappa shape index (κ2) is 6.95. The molecule has 5 nitrogen and oxygen atoms in total. The summed E-state index contributed by atoms with van der Waals surface area (Å²) in [5, 5.41) is 3.94. The molecule has 0 unspecified atom stereocenters. The fourth-order valence-electron chi connectivity index (χ4n) is 3.73. The SMILES string of the molecule is Cc1ccc(Cl)cc1NC(=O)c1c(N2CCCC2=O)c2cc(F)ccc2n1C. The van der Waals surface area contributed by atoms with Gasteiger partial charge in [-0.3, -0.25) is 9.59 Å². The Bertz CT molecular complexity index is 1120. The van der Waals surface area contributed by atoms with Crippen molar-refractivity contribution in [3.8, 4) is 0 Å². The fraction of sp³-hybridized carbons (Fsp3) is 0.238. The van der Waals surface area contributed by atoms with Crippen molar-refractivity contribution >= 4 is 45.7 Å². The summed E-state index contributed by atoms with van der Waals surface area (Å²) in [5.74, 6) is -0.854. The van der Waals surface area contributed by atoms with E-state index in [2.05, 4.69) is 5.32 Å². The molecule has 1 aromatic heterocycles. The molecule has 3 aromatic rings. The van der Waals surface area contributed by atoms with Crippen molar-refractivity contribution in [3.63, 3.8) is 0 Å². The Morgan fingerprint density at radius 3 is 2.71 bits per heavy atom. The molecule has 28 heavy (non-hydrogen) atoms. The van der Waals surface area contributed by atoms with Crippen LogP contribution in [0.15, 0.2) is 36.4 Å². The van der Waals surface area contributed by atoms with Crippen LogP contribution in [0.4, 0.5) is 15.8 Å². The van der Waals surface area contributed by atoms with Crippen LogP contribution in [0.25, 0.3) is 10.9 Å². The zero-order valence-corrected chi connectivity index (χ0v) is 16.3. The summed E-state index contributed by atoms with van der Waals surface area (Å²) in [7, 11) is 1.74. The van der Waals surface area contributed by atoms with Crippen molar-refractivity contribution in [1.29, 1.82) is 0 Å². The average molecular weight is 400 g/mol. The van der Waals surface area contributed by atoms with E-state index in [4.69, 9.17) is 11.6 Å². The minimum Gasteiger partial charge on any atom is -0.338 e. The van der Waals surface area contributed by atoms with E-state index >= 15 is 0 Å². The molecule has 0 aliphatic carbocycles. The van der Waals surface area contributed by atoms with Crippen LogP contribution in [0.1, 0.15) is 28.9 Å². The highest BCUT2D eigenvalue weighted by Gasteiger charge is 2.31. The Kier molecular flexibility index (Phi) is 4.59. The number of benzene rings is 2. The molecule has 4 rings (SSSR count). The monoisotopic (exact) mass is 399 g/mol. The third kappa shape index (κ3) is 3.03. The predicted octanol–water partition coefficient (Wildman–Crippen LogP) is 4.66. The smallest absolute Gasteiger partial charge is 0.274 e. The van der Waals surface area contributed by atoms with E-state index in [0.717, 1.165) is 5.56 Å². The van der Waals surface area contributed by atoms with Crippen LogP contribution in [-0.2, 0) is 11.8 Å². The molecule has 1 aliphatic rings. The molecule has 0 bridgehead atoms. The summed E-state index contributed by atoms with van der Waals surface area (Å²) in [6, 6.07) is 9.59. The average Bonchev–Trinajstić information content (AvgIpc) is 3.18. The van der Waals surface area contributed by atoms with E-state index in [1.165, 1.54) is 12.1 Å². The summed E-state index contributed by atoms with van der Waals surface area (Å²) < 4.78 is 15.7. The minimum absolute atomic E-state index is 0.0650. The molecule has 0 atom stereocenters. The van der Waals surface area contributed by atoms with Crippen LogP contribution in [0.2, 0.25) is 5.02 Å². The van der Waals surface area contributed by atoms with E-state index in [0.29, 0.717) is 52.4 Å². The first-order valence-corrected chi connectivity index (χ1v) is 9.40. The maximum Gasteiger partial charge on any atom is 0.274 e. The summed E-state index contributed by atoms with van der Waals surface area (Å²) >= 11 is 6.06. The number of aryl methyl sites for hydroxylation is 2. The summed E-state index contributed by atoms with van der Waals surface area (Å²) in [4.78, 5) is 27.2. The minimum atomic E-state index is -0.413. The molecule has 1 N–H and O–H groups in total. The van der Waals surface area contributed by atoms with Gasteiger partial charge in [-0.25, -0.2) is 4.39 Å². The van der Waals surface area contributed by atoms with E-state index in [1.54, 1.807) is 34.7 Å². The summed E-state index contributed by atoms with van der Waals surface area (Å²) in [6.45, 7) is 2.37. The second-order valence-electron chi connectivity index (χ2n) is 6.98. The number of fused-ring (bicyclic) bond motifs is 1. The molecule has 1 fully saturated rings. The number of rotatable bonds is 3. The first-order chi connectivity index (χ1) is 13.4. The molecule has 1 saturated heterocycles. The molecule has 144 valence electrons. The van der Waals surface area contributed by atoms with Gasteiger partial charge >= 0.3 is 0 Å². The van der Waals surface area contributed by atoms with Crippen molar-refractivity contribution in [2.75, 3.05) is 16.8 Å². The number of carbonyl (C=O) groups is 2. The lowest BCUT2D eigenvalue weighted by molar-refractivity contribution is -0.117. The van der Waals surface area contributed by atoms with Gasteiger partial charge in [0, 0.05) is 36.1 Å². The Morgan fingerprint density at radius 1 is 1.21 bits per heavy atom. The number of hydrogen-bond acceptors (Lipinski definition) is 2. The number of anilines is 2. The van der Waals surface area contributed by atoms with Gasteiger partial charge in [0.2, 0.25) is 5.91 Å². The third-order valence-electron chi connectivity index (χ3n) is 5.14. The molecule has 2 amide bonds. The second-order valence-corrected chi connectivity index (χ2v) is 7.42. The molecular weight excluding hydrogens is 381 g/mol. The molecular formula is C21H19ClFN3O2. The number of aromatic nitrogens is 1. The quantitative estimate of drug-likeness (QED) is 0.696. The van der Waals surface area contributed by atoms with E-state index in [-0.39, 0.29) is 11.8 Å². The van der Waals surface area contributed by atoms with Crippen molar-refractivity contribution in [3.05, 3.63) is 58.5 Å². The van der Waals surface area contributed by atoms with Crippen molar-refractivity contribution in [2.24, 2.45) is 7.05 Å². The van der Waals surface area contributed by atoms with Gasteiger partial charge in [-0.15, -0.1) is 0 Å². The van der Waals surface area contributed by atoms with Gasteiger partial charge in [0.25, 0.3) is 5.91 Å². The number of halogens is 2. The zero-order chi connectivity index (χ0) is 20.0. The van der Waals surface area contributed by atoms with Gasteiger partial charge in [0.05, 0.1) is 11.2 Å². The highest BCUT2D eigenvalue weighted by atomic mass is 35.5. The number of carbonyl (C=O) groups excluding carboxylic acids is 2. The van der Waals surface area contributed by atoms with Gasteiger partial charge in [0.15, 0.2) is 0 Å². The topological polar surface area (TPSA) is 54.3 Å². The van der Waals surface area contributed by atoms with E-state index < -0.39 is 5.82 Å². The molecule has 1 aliphatic heterocycles. The van der Waals surface area contributed by atoms with Crippen molar-refractivity contribution in [1.82, 2.24) is 4.57 Å². The van der Waals surface area contributed by atoms with Crippen LogP contribution in [0.3, 0.4) is 0 Å². The zero-order valence-electron chi connectivity index (χ0n) is 15.6. The van der Waals surface area contributed by atoms with Crippen LogP contribution in [0, 0.1) is 12.7 Å². The Labute approximate surface area is 166 Å². The van der Waals surface area contributed by atoms with E-state index in [1.807, 2.05) is 13.0 Å².